The first kappa shape index (κ1) is 35.8. The van der Waals surface area contributed by atoms with Crippen LogP contribution in [0.4, 0.5) is 10.8 Å². The molecule has 2 fully saturated rings. The second-order valence-corrected chi connectivity index (χ2v) is 15.0. The van der Waals surface area contributed by atoms with Gasteiger partial charge in [0, 0.05) is 26.2 Å². The number of rotatable bonds is 15. The van der Waals surface area contributed by atoms with E-state index in [0.717, 1.165) is 11.1 Å². The summed E-state index contributed by atoms with van der Waals surface area (Å²) in [5.74, 6) is -0.395. The van der Waals surface area contributed by atoms with Gasteiger partial charge in [-0.05, 0) is 35.6 Å². The molecule has 3 heterocycles. The van der Waals surface area contributed by atoms with Gasteiger partial charge < -0.3 is 39.1 Å². The number of hydrogen-bond donors (Lipinski definition) is 3. The van der Waals surface area contributed by atoms with Gasteiger partial charge in [0.2, 0.25) is 10.0 Å². The molecule has 3 N–H and O–H groups in total. The van der Waals surface area contributed by atoms with Gasteiger partial charge in [-0.25, -0.2) is 13.2 Å². The Kier molecular flexibility index (Phi) is 11.4. The van der Waals surface area contributed by atoms with Crippen LogP contribution < -0.4 is 10.6 Å². The zero-order valence-electron chi connectivity index (χ0n) is 28.3. The molecule has 0 bridgehead atoms. The maximum atomic E-state index is 14.0. The van der Waals surface area contributed by atoms with E-state index in [2.05, 4.69) is 15.6 Å². The van der Waals surface area contributed by atoms with E-state index >= 15 is 0 Å². The molecule has 1 amide bonds. The Bertz CT molecular complexity index is 1820. The molecule has 0 spiro atoms. The summed E-state index contributed by atoms with van der Waals surface area (Å²) in [6.07, 6.45) is -3.39. The van der Waals surface area contributed by atoms with Gasteiger partial charge in [-0.15, -0.1) is 0 Å². The summed E-state index contributed by atoms with van der Waals surface area (Å²) in [6.45, 7) is 4.45. The van der Waals surface area contributed by atoms with Crippen molar-refractivity contribution < 1.29 is 41.7 Å². The van der Waals surface area contributed by atoms with Crippen LogP contribution in [0, 0.1) is 11.8 Å². The largest absolute Gasteiger partial charge is 0.443 e. The van der Waals surface area contributed by atoms with Gasteiger partial charge in [-0.1, -0.05) is 74.5 Å². The van der Waals surface area contributed by atoms with E-state index in [-0.39, 0.29) is 55.0 Å². The van der Waals surface area contributed by atoms with Crippen LogP contribution in [0.15, 0.2) is 88.2 Å². The van der Waals surface area contributed by atoms with Crippen molar-refractivity contribution in [3.63, 3.8) is 0 Å². The number of ether oxygens (including phenoxy) is 4. The van der Waals surface area contributed by atoms with Crippen molar-refractivity contribution in [2.75, 3.05) is 38.7 Å². The Labute approximate surface area is 291 Å². The Morgan fingerprint density at radius 2 is 1.66 bits per heavy atom. The maximum absolute atomic E-state index is 14.0. The number of fused-ring (bicyclic) bond motifs is 2. The Hall–Kier alpha value is -4.05. The number of benzene rings is 3. The van der Waals surface area contributed by atoms with Crippen molar-refractivity contribution in [2.45, 2.75) is 62.4 Å². The second-order valence-electron chi connectivity index (χ2n) is 13.0. The summed E-state index contributed by atoms with van der Waals surface area (Å²) < 4.78 is 58.5. The molecule has 1 aromatic heterocycles. The lowest BCUT2D eigenvalue weighted by atomic mass is 10.00. The van der Waals surface area contributed by atoms with Crippen LogP contribution in [0.25, 0.3) is 11.1 Å². The number of aliphatic hydroxyl groups is 1. The van der Waals surface area contributed by atoms with Crippen LogP contribution in [0.1, 0.15) is 25.0 Å². The van der Waals surface area contributed by atoms with Gasteiger partial charge in [-0.3, -0.25) is 0 Å². The number of nitrogens with one attached hydrogen (secondary N) is 2. The van der Waals surface area contributed by atoms with E-state index in [9.17, 15) is 18.3 Å². The van der Waals surface area contributed by atoms with E-state index in [4.69, 9.17) is 23.4 Å². The Morgan fingerprint density at radius 3 is 2.34 bits per heavy atom. The van der Waals surface area contributed by atoms with Gasteiger partial charge in [0.25, 0.3) is 6.01 Å². The molecule has 268 valence electrons. The van der Waals surface area contributed by atoms with Crippen molar-refractivity contribution in [3.05, 3.63) is 90.0 Å². The summed E-state index contributed by atoms with van der Waals surface area (Å²) in [5, 5.41) is 17.3. The van der Waals surface area contributed by atoms with Crippen LogP contribution in [-0.2, 0) is 42.0 Å². The smallest absolute Gasteiger partial charge is 0.407 e. The topological polar surface area (TPSA) is 162 Å². The number of hydrogen-bond acceptors (Lipinski definition) is 11. The van der Waals surface area contributed by atoms with Crippen LogP contribution in [0.5, 0.6) is 0 Å². The molecule has 0 radical (unpaired) electrons. The molecule has 0 aliphatic carbocycles. The fourth-order valence-corrected chi connectivity index (χ4v) is 7.96. The summed E-state index contributed by atoms with van der Waals surface area (Å²) in [4.78, 5) is 17.7. The number of anilines is 1. The SMILES string of the molecule is CNc1nc2ccc(S(=O)(=O)N(CC(C)C)C[C@@H](O)[C@H](Cc3ccccc3)NC(=O)O[C@H]3CO[C@H]4OC[C@H](OCc5ccccc5)[C@H]43)cc2o1. The minimum atomic E-state index is -4.10. The van der Waals surface area contributed by atoms with Crippen molar-refractivity contribution in [3.8, 4) is 0 Å². The monoisotopic (exact) mass is 708 g/mol. The van der Waals surface area contributed by atoms with E-state index in [1.165, 1.54) is 16.4 Å². The molecule has 0 saturated carbocycles. The molecular formula is C36H44N4O9S. The Morgan fingerprint density at radius 1 is 0.980 bits per heavy atom. The van der Waals surface area contributed by atoms with Crippen molar-refractivity contribution >= 4 is 33.2 Å². The molecule has 2 saturated heterocycles. The third-order valence-electron chi connectivity index (χ3n) is 8.82. The first-order chi connectivity index (χ1) is 24.1. The number of carbonyl (C=O) groups is 1. The number of amides is 1. The van der Waals surface area contributed by atoms with E-state index in [0.29, 0.717) is 24.3 Å². The molecule has 6 rings (SSSR count). The number of sulfonamides is 1. The molecule has 2 aliphatic heterocycles. The number of carbonyl (C=O) groups excluding carboxylic acids is 1. The summed E-state index contributed by atoms with van der Waals surface area (Å²) in [6, 6.07) is 22.9. The van der Waals surface area contributed by atoms with Gasteiger partial charge in [0.1, 0.15) is 11.6 Å². The maximum Gasteiger partial charge on any atom is 0.407 e. The number of aromatic nitrogens is 1. The molecule has 0 unspecified atom stereocenters. The van der Waals surface area contributed by atoms with Gasteiger partial charge in [0.05, 0.1) is 48.9 Å². The highest BCUT2D eigenvalue weighted by Crippen LogP contribution is 2.35. The van der Waals surface area contributed by atoms with E-state index < -0.39 is 40.7 Å². The van der Waals surface area contributed by atoms with Crippen LogP contribution in [-0.4, -0.2) is 92.9 Å². The van der Waals surface area contributed by atoms with Gasteiger partial charge in [-0.2, -0.15) is 9.29 Å². The standard InChI is InChI=1S/C36H44N4O9S/c1-23(2)18-40(50(43,44)26-14-15-27-30(17-26)48-35(37-3)38-27)19-29(41)28(16-24-10-6-4-7-11-24)39-36(42)49-32-22-47-34-33(32)31(21-46-34)45-20-25-12-8-5-9-13-25/h4-15,17,23,28-29,31-34,41H,16,18-22H2,1-3H3,(H,37,38)(H,39,42)/t28-,29+,31-,32-,33-,34+/m0/s1. The lowest BCUT2D eigenvalue weighted by Gasteiger charge is -2.31. The highest BCUT2D eigenvalue weighted by molar-refractivity contribution is 7.89. The van der Waals surface area contributed by atoms with Crippen LogP contribution >= 0.6 is 0 Å². The number of alkyl carbamates (subject to hydrolysis) is 1. The third kappa shape index (κ3) is 8.45. The predicted octanol–water partition coefficient (Wildman–Crippen LogP) is 4.17. The zero-order valence-corrected chi connectivity index (χ0v) is 29.1. The molecule has 3 aromatic carbocycles. The number of nitrogens with zero attached hydrogens (tertiary/aromatic N) is 2. The highest BCUT2D eigenvalue weighted by atomic mass is 32.2. The van der Waals surface area contributed by atoms with Crippen LogP contribution in [0.2, 0.25) is 0 Å². The summed E-state index contributed by atoms with van der Waals surface area (Å²) in [7, 11) is -2.44. The summed E-state index contributed by atoms with van der Waals surface area (Å²) in [5.41, 5.74) is 2.67. The number of oxazole rings is 1. The molecule has 50 heavy (non-hydrogen) atoms. The third-order valence-corrected chi connectivity index (χ3v) is 10.7. The highest BCUT2D eigenvalue weighted by Gasteiger charge is 2.50. The average Bonchev–Trinajstić information content (AvgIpc) is 3.83. The van der Waals surface area contributed by atoms with Crippen molar-refractivity contribution in [2.24, 2.45) is 11.8 Å². The fraction of sp³-hybridized carbons (Fsp3) is 0.444. The molecule has 2 aliphatic rings. The molecule has 14 heteroatoms. The van der Waals surface area contributed by atoms with E-state index in [1.54, 1.807) is 13.1 Å². The van der Waals surface area contributed by atoms with Gasteiger partial charge >= 0.3 is 6.09 Å². The lowest BCUT2D eigenvalue weighted by molar-refractivity contribution is -0.0916. The van der Waals surface area contributed by atoms with E-state index in [1.807, 2.05) is 74.5 Å². The Balaban J connectivity index is 1.17. The fourth-order valence-electron chi connectivity index (χ4n) is 6.32. The van der Waals surface area contributed by atoms with Gasteiger partial charge in [0.15, 0.2) is 11.9 Å². The normalized spacial score (nSPS) is 21.7. The second kappa shape index (κ2) is 15.9. The lowest BCUT2D eigenvalue weighted by Crippen LogP contribution is -2.52. The van der Waals surface area contributed by atoms with Crippen molar-refractivity contribution in [1.82, 2.24) is 14.6 Å². The first-order valence-electron chi connectivity index (χ1n) is 16.8. The number of aliphatic hydroxyl groups excluding tert-OH is 1. The average molecular weight is 709 g/mol. The molecular weight excluding hydrogens is 664 g/mol. The molecule has 6 atom stereocenters. The van der Waals surface area contributed by atoms with Crippen LogP contribution in [0.3, 0.4) is 0 Å². The zero-order chi connectivity index (χ0) is 35.3. The first-order valence-corrected chi connectivity index (χ1v) is 18.2. The molecule has 13 nitrogen and oxygen atoms in total. The predicted molar refractivity (Wildman–Crippen MR) is 185 cm³/mol. The molecule has 4 aromatic rings. The minimum absolute atomic E-state index is 0.00207. The quantitative estimate of drug-likeness (QED) is 0.163. The minimum Gasteiger partial charge on any atom is -0.443 e. The summed E-state index contributed by atoms with van der Waals surface area (Å²) >= 11 is 0. The van der Waals surface area contributed by atoms with Crippen molar-refractivity contribution in [1.29, 1.82) is 0 Å².